The summed E-state index contributed by atoms with van der Waals surface area (Å²) >= 11 is 1.41. The summed E-state index contributed by atoms with van der Waals surface area (Å²) in [7, 11) is 3.24. The first-order valence-electron chi connectivity index (χ1n) is 10.3. The molecule has 0 spiro atoms. The number of methoxy groups -OCH3 is 2. The number of hydrogen-bond donors (Lipinski definition) is 0. The number of hydrogen-bond acceptors (Lipinski definition) is 6. The van der Waals surface area contributed by atoms with Crippen molar-refractivity contribution in [3.63, 3.8) is 0 Å². The molecule has 0 bridgehead atoms. The molecule has 1 saturated heterocycles. The summed E-state index contributed by atoms with van der Waals surface area (Å²) in [5, 5.41) is 9.57. The fourth-order valence-corrected chi connectivity index (χ4v) is 4.45. The number of carbonyl (C=O) groups is 1. The van der Waals surface area contributed by atoms with Gasteiger partial charge in [-0.15, -0.1) is 10.2 Å². The van der Waals surface area contributed by atoms with E-state index in [4.69, 9.17) is 9.47 Å². The lowest BCUT2D eigenvalue weighted by molar-refractivity contribution is -0.127. The first-order valence-corrected chi connectivity index (χ1v) is 11.2. The highest BCUT2D eigenvalue weighted by atomic mass is 32.2. The van der Waals surface area contributed by atoms with E-state index in [1.54, 1.807) is 14.2 Å². The van der Waals surface area contributed by atoms with E-state index in [1.165, 1.54) is 17.3 Å². The van der Waals surface area contributed by atoms with Crippen molar-refractivity contribution in [2.24, 2.45) is 0 Å². The highest BCUT2D eigenvalue weighted by Crippen LogP contribution is 2.33. The summed E-state index contributed by atoms with van der Waals surface area (Å²) in [6.45, 7) is 3.74. The number of amides is 1. The maximum atomic E-state index is 12.6. The molecule has 0 radical (unpaired) electrons. The molecule has 8 heteroatoms. The molecule has 0 saturated carbocycles. The molecule has 1 aromatic heterocycles. The van der Waals surface area contributed by atoms with Crippen LogP contribution in [0.25, 0.3) is 17.1 Å². The number of carbonyl (C=O) groups excluding carboxylic acids is 1. The lowest BCUT2D eigenvalue weighted by Crippen LogP contribution is -2.29. The van der Waals surface area contributed by atoms with Crippen LogP contribution in [0.3, 0.4) is 0 Å². The number of thioether (sulfide) groups is 1. The highest BCUT2D eigenvalue weighted by molar-refractivity contribution is 7.99. The molecule has 0 atom stereocenters. The summed E-state index contributed by atoms with van der Waals surface area (Å²) < 4.78 is 12.8. The Morgan fingerprint density at radius 3 is 2.26 bits per heavy atom. The van der Waals surface area contributed by atoms with Gasteiger partial charge in [-0.05, 0) is 44.0 Å². The zero-order chi connectivity index (χ0) is 21.8. The third-order valence-corrected chi connectivity index (χ3v) is 6.23. The zero-order valence-corrected chi connectivity index (χ0v) is 18.8. The molecular weight excluding hydrogens is 412 g/mol. The fourth-order valence-electron chi connectivity index (χ4n) is 3.60. The third kappa shape index (κ3) is 4.69. The van der Waals surface area contributed by atoms with Crippen LogP contribution in [0.4, 0.5) is 0 Å². The Labute approximate surface area is 186 Å². The van der Waals surface area contributed by atoms with Crippen LogP contribution in [-0.4, -0.2) is 58.6 Å². The number of rotatable bonds is 7. The topological polar surface area (TPSA) is 69.5 Å². The Bertz CT molecular complexity index is 1040. The van der Waals surface area contributed by atoms with Gasteiger partial charge >= 0.3 is 0 Å². The van der Waals surface area contributed by atoms with E-state index >= 15 is 0 Å². The van der Waals surface area contributed by atoms with Gasteiger partial charge in [-0.1, -0.05) is 29.5 Å². The Balaban J connectivity index is 1.72. The predicted molar refractivity (Wildman–Crippen MR) is 121 cm³/mol. The van der Waals surface area contributed by atoms with Crippen molar-refractivity contribution >= 4 is 17.7 Å². The minimum Gasteiger partial charge on any atom is -0.497 e. The Morgan fingerprint density at radius 1 is 1.00 bits per heavy atom. The summed E-state index contributed by atoms with van der Waals surface area (Å²) in [6, 6.07) is 13.8. The van der Waals surface area contributed by atoms with E-state index in [-0.39, 0.29) is 5.91 Å². The van der Waals surface area contributed by atoms with Gasteiger partial charge in [-0.2, -0.15) is 0 Å². The van der Waals surface area contributed by atoms with Gasteiger partial charge in [0.2, 0.25) is 5.91 Å². The maximum Gasteiger partial charge on any atom is 0.233 e. The molecule has 4 rings (SSSR count). The molecule has 0 N–H and O–H groups in total. The van der Waals surface area contributed by atoms with Crippen molar-refractivity contribution < 1.29 is 14.3 Å². The van der Waals surface area contributed by atoms with Crippen molar-refractivity contribution in [2.75, 3.05) is 33.1 Å². The summed E-state index contributed by atoms with van der Waals surface area (Å²) in [4.78, 5) is 14.5. The van der Waals surface area contributed by atoms with Crippen molar-refractivity contribution in [3.05, 3.63) is 48.0 Å². The molecule has 7 nitrogen and oxygen atoms in total. The van der Waals surface area contributed by atoms with E-state index in [0.29, 0.717) is 28.2 Å². The van der Waals surface area contributed by atoms with Crippen LogP contribution < -0.4 is 9.47 Å². The van der Waals surface area contributed by atoms with Gasteiger partial charge in [0.1, 0.15) is 11.5 Å². The van der Waals surface area contributed by atoms with Gasteiger partial charge in [0, 0.05) is 30.4 Å². The monoisotopic (exact) mass is 438 g/mol. The number of likely N-dealkylation sites (tertiary alicyclic amines) is 1. The number of benzene rings is 2. The van der Waals surface area contributed by atoms with E-state index < -0.39 is 0 Å². The Kier molecular flexibility index (Phi) is 6.46. The van der Waals surface area contributed by atoms with E-state index in [9.17, 15) is 4.79 Å². The molecule has 1 aliphatic heterocycles. The smallest absolute Gasteiger partial charge is 0.233 e. The standard InChI is InChI=1S/C23H26N4O3S/c1-16-6-8-18(9-7-16)27-22(17-12-19(29-2)14-20(13-17)30-3)24-25-23(27)31-15-21(28)26-10-4-5-11-26/h6-9,12-14H,4-5,10-11,15H2,1-3H3. The Morgan fingerprint density at radius 2 is 1.65 bits per heavy atom. The van der Waals surface area contributed by atoms with Crippen LogP contribution in [0.2, 0.25) is 0 Å². The average Bonchev–Trinajstić information content (AvgIpc) is 3.48. The van der Waals surface area contributed by atoms with Crippen molar-refractivity contribution in [2.45, 2.75) is 24.9 Å². The lowest BCUT2D eigenvalue weighted by atomic mass is 10.1. The van der Waals surface area contributed by atoms with Crippen molar-refractivity contribution in [3.8, 4) is 28.6 Å². The van der Waals surface area contributed by atoms with Crippen LogP contribution in [0.15, 0.2) is 47.6 Å². The molecule has 2 heterocycles. The molecule has 1 fully saturated rings. The highest BCUT2D eigenvalue weighted by Gasteiger charge is 2.22. The van der Waals surface area contributed by atoms with Crippen molar-refractivity contribution in [1.82, 2.24) is 19.7 Å². The van der Waals surface area contributed by atoms with Gasteiger partial charge in [0.15, 0.2) is 11.0 Å². The van der Waals surface area contributed by atoms with Crippen LogP contribution in [-0.2, 0) is 4.79 Å². The molecule has 162 valence electrons. The third-order valence-electron chi connectivity index (χ3n) is 5.32. The van der Waals surface area contributed by atoms with Crippen LogP contribution >= 0.6 is 11.8 Å². The largest absolute Gasteiger partial charge is 0.497 e. The van der Waals surface area contributed by atoms with E-state index in [0.717, 1.165) is 37.2 Å². The minimum absolute atomic E-state index is 0.144. The van der Waals surface area contributed by atoms with Gasteiger partial charge < -0.3 is 14.4 Å². The van der Waals surface area contributed by atoms with Crippen LogP contribution in [0, 0.1) is 6.92 Å². The number of ether oxygens (including phenoxy) is 2. The number of nitrogens with zero attached hydrogens (tertiary/aromatic N) is 4. The van der Waals surface area contributed by atoms with Gasteiger partial charge in [0.25, 0.3) is 0 Å². The molecule has 0 unspecified atom stereocenters. The van der Waals surface area contributed by atoms with Crippen LogP contribution in [0.5, 0.6) is 11.5 Å². The van der Waals surface area contributed by atoms with Gasteiger partial charge in [0.05, 0.1) is 20.0 Å². The van der Waals surface area contributed by atoms with E-state index in [1.807, 2.05) is 46.7 Å². The molecule has 3 aromatic rings. The quantitative estimate of drug-likeness (QED) is 0.520. The predicted octanol–water partition coefficient (Wildman–Crippen LogP) is 3.97. The SMILES string of the molecule is COc1cc(OC)cc(-c2nnc(SCC(=O)N3CCCC3)n2-c2ccc(C)cc2)c1. The molecule has 0 aliphatic carbocycles. The molecule has 31 heavy (non-hydrogen) atoms. The second-order valence-corrected chi connectivity index (χ2v) is 8.40. The van der Waals surface area contributed by atoms with Crippen LogP contribution in [0.1, 0.15) is 18.4 Å². The summed E-state index contributed by atoms with van der Waals surface area (Å²) in [6.07, 6.45) is 2.16. The second kappa shape index (κ2) is 9.43. The lowest BCUT2D eigenvalue weighted by Gasteiger charge is -2.15. The molecule has 1 aliphatic rings. The summed E-state index contributed by atoms with van der Waals surface area (Å²) in [5.41, 5.74) is 2.92. The van der Waals surface area contributed by atoms with Gasteiger partial charge in [-0.25, -0.2) is 0 Å². The minimum atomic E-state index is 0.144. The average molecular weight is 439 g/mol. The number of aryl methyl sites for hydroxylation is 1. The Hall–Kier alpha value is -3.00. The fraction of sp³-hybridized carbons (Fsp3) is 0.348. The molecule has 2 aromatic carbocycles. The first-order chi connectivity index (χ1) is 15.1. The summed E-state index contributed by atoms with van der Waals surface area (Å²) in [5.74, 6) is 2.49. The normalized spacial score (nSPS) is 13.5. The van der Waals surface area contributed by atoms with Gasteiger partial charge in [-0.3, -0.25) is 9.36 Å². The first kappa shape index (κ1) is 21.2. The molecule has 1 amide bonds. The maximum absolute atomic E-state index is 12.6. The molecular formula is C23H26N4O3S. The zero-order valence-electron chi connectivity index (χ0n) is 18.0. The van der Waals surface area contributed by atoms with E-state index in [2.05, 4.69) is 22.3 Å². The van der Waals surface area contributed by atoms with Crippen molar-refractivity contribution in [1.29, 1.82) is 0 Å². The number of aromatic nitrogens is 3. The second-order valence-electron chi connectivity index (χ2n) is 7.46.